The van der Waals surface area contributed by atoms with Crippen molar-refractivity contribution >= 4 is 44.6 Å². The lowest BCUT2D eigenvalue weighted by molar-refractivity contribution is 0.476. The van der Waals surface area contributed by atoms with E-state index < -0.39 is 0 Å². The number of hydrogen-bond donors (Lipinski definition) is 1. The number of para-hydroxylation sites is 5. The van der Waals surface area contributed by atoms with E-state index in [-0.39, 0.29) is 11.2 Å². The van der Waals surface area contributed by atoms with Crippen molar-refractivity contribution in [3.8, 4) is 11.6 Å². The van der Waals surface area contributed by atoms with Gasteiger partial charge in [-0.15, -0.1) is 0 Å². The number of pyridine rings is 1. The Bertz CT molecular complexity index is 1860. The van der Waals surface area contributed by atoms with Crippen molar-refractivity contribution < 1.29 is 5.11 Å². The van der Waals surface area contributed by atoms with E-state index in [4.69, 9.17) is 4.98 Å². The zero-order valence-electron chi connectivity index (χ0n) is 22.3. The van der Waals surface area contributed by atoms with Gasteiger partial charge in [-0.25, -0.2) is 4.98 Å². The van der Waals surface area contributed by atoms with Gasteiger partial charge in [0.25, 0.3) is 0 Å². The fourth-order valence-electron chi connectivity index (χ4n) is 5.71. The van der Waals surface area contributed by atoms with Crippen LogP contribution < -0.4 is 9.80 Å². The Hall–Kier alpha value is -4.77. The van der Waals surface area contributed by atoms with Gasteiger partial charge in [-0.3, -0.25) is 4.57 Å². The fraction of sp³-hybridized carbons (Fsp3) is 0.147. The van der Waals surface area contributed by atoms with E-state index in [2.05, 4.69) is 108 Å². The number of aromatic nitrogens is 2. The molecule has 0 bridgehead atoms. The zero-order chi connectivity index (χ0) is 26.7. The minimum Gasteiger partial charge on any atom is -0.506 e. The van der Waals surface area contributed by atoms with Gasteiger partial charge < -0.3 is 14.9 Å². The molecule has 0 atom stereocenters. The first-order valence-electron chi connectivity index (χ1n) is 13.3. The van der Waals surface area contributed by atoms with Crippen LogP contribution in [0, 0.1) is 0 Å². The standard InChI is InChI=1S/C34H30N4O/c1-34(2,3)23-18-19-35-33(20-23)38-27-11-5-4-10-25(27)26-17-16-24(21-31(26)38)36-22-37(29-13-7-6-12-28(29)36)30-14-8-9-15-32(30)39/h4-21,39H,22H2,1-3H3. The smallest absolute Gasteiger partial charge is 0.139 e. The van der Waals surface area contributed by atoms with Gasteiger partial charge in [0, 0.05) is 22.7 Å². The van der Waals surface area contributed by atoms with E-state index in [1.54, 1.807) is 6.07 Å². The number of anilines is 4. The molecule has 0 unspecified atom stereocenters. The summed E-state index contributed by atoms with van der Waals surface area (Å²) in [5, 5.41) is 13.1. The first-order valence-corrected chi connectivity index (χ1v) is 13.3. The monoisotopic (exact) mass is 510 g/mol. The van der Waals surface area contributed by atoms with Gasteiger partial charge >= 0.3 is 0 Å². The molecule has 1 aliphatic heterocycles. The van der Waals surface area contributed by atoms with Crippen LogP contribution in [0.5, 0.6) is 5.75 Å². The third kappa shape index (κ3) is 3.73. The lowest BCUT2D eigenvalue weighted by Gasteiger charge is -2.23. The summed E-state index contributed by atoms with van der Waals surface area (Å²) in [5.41, 5.74) is 7.59. The lowest BCUT2D eigenvalue weighted by Crippen LogP contribution is -2.24. The average Bonchev–Trinajstić information content (AvgIpc) is 3.49. The third-order valence-electron chi connectivity index (χ3n) is 7.73. The Morgan fingerprint density at radius 2 is 1.33 bits per heavy atom. The molecule has 2 aromatic heterocycles. The van der Waals surface area contributed by atoms with Crippen molar-refractivity contribution in [2.45, 2.75) is 26.2 Å². The molecule has 0 fully saturated rings. The Balaban J connectivity index is 1.42. The molecule has 5 nitrogen and oxygen atoms in total. The van der Waals surface area contributed by atoms with E-state index in [1.165, 1.54) is 16.3 Å². The quantitative estimate of drug-likeness (QED) is 0.259. The highest BCUT2D eigenvalue weighted by atomic mass is 16.3. The molecule has 0 amide bonds. The van der Waals surface area contributed by atoms with Crippen LogP contribution in [-0.2, 0) is 5.41 Å². The maximum absolute atomic E-state index is 10.6. The maximum atomic E-state index is 10.6. The highest BCUT2D eigenvalue weighted by molar-refractivity contribution is 6.10. The number of hydrogen-bond acceptors (Lipinski definition) is 4. The van der Waals surface area contributed by atoms with Gasteiger partial charge in [0.1, 0.15) is 18.2 Å². The van der Waals surface area contributed by atoms with Crippen LogP contribution >= 0.6 is 0 Å². The molecule has 1 aliphatic rings. The zero-order valence-corrected chi connectivity index (χ0v) is 22.3. The second-order valence-corrected chi connectivity index (χ2v) is 11.2. The number of benzene rings is 4. The van der Waals surface area contributed by atoms with Crippen molar-refractivity contribution in [2.75, 3.05) is 16.5 Å². The van der Waals surface area contributed by atoms with Gasteiger partial charge in [-0.1, -0.05) is 69.3 Å². The highest BCUT2D eigenvalue weighted by Gasteiger charge is 2.29. The molecule has 192 valence electrons. The van der Waals surface area contributed by atoms with Crippen molar-refractivity contribution in [3.63, 3.8) is 0 Å². The molecule has 0 aliphatic carbocycles. The van der Waals surface area contributed by atoms with Crippen molar-refractivity contribution in [3.05, 3.63) is 115 Å². The second kappa shape index (κ2) is 8.63. The SMILES string of the molecule is CC(C)(C)c1ccnc(-n2c3ccccc3c3ccc(N4CN(c5ccccc5O)c5ccccc54)cc32)c1. The normalized spacial score (nSPS) is 13.4. The van der Waals surface area contributed by atoms with Gasteiger partial charge in [-0.2, -0.15) is 0 Å². The highest BCUT2D eigenvalue weighted by Crippen LogP contribution is 2.47. The van der Waals surface area contributed by atoms with Gasteiger partial charge in [0.2, 0.25) is 0 Å². The molecule has 7 rings (SSSR count). The molecular weight excluding hydrogens is 480 g/mol. The van der Waals surface area contributed by atoms with E-state index >= 15 is 0 Å². The summed E-state index contributed by atoms with van der Waals surface area (Å²) in [4.78, 5) is 9.31. The summed E-state index contributed by atoms with van der Waals surface area (Å²) < 4.78 is 2.28. The summed E-state index contributed by atoms with van der Waals surface area (Å²) in [6.45, 7) is 7.30. The Morgan fingerprint density at radius 1 is 0.667 bits per heavy atom. The Labute approximate surface area is 228 Å². The van der Waals surface area contributed by atoms with Crippen LogP contribution in [0.3, 0.4) is 0 Å². The number of nitrogens with zero attached hydrogens (tertiary/aromatic N) is 4. The van der Waals surface area contributed by atoms with E-state index in [0.717, 1.165) is 39.6 Å². The molecule has 0 radical (unpaired) electrons. The van der Waals surface area contributed by atoms with E-state index in [9.17, 15) is 5.11 Å². The van der Waals surface area contributed by atoms with Crippen LogP contribution in [0.2, 0.25) is 0 Å². The topological polar surface area (TPSA) is 44.5 Å². The number of phenolic OH excluding ortho intramolecular Hbond substituents is 1. The van der Waals surface area contributed by atoms with Crippen LogP contribution in [-0.4, -0.2) is 21.3 Å². The summed E-state index contributed by atoms with van der Waals surface area (Å²) >= 11 is 0. The molecule has 5 heteroatoms. The van der Waals surface area contributed by atoms with Gasteiger partial charge in [0.05, 0.1) is 28.1 Å². The molecule has 3 heterocycles. The van der Waals surface area contributed by atoms with Crippen LogP contribution in [0.25, 0.3) is 27.6 Å². The summed E-state index contributed by atoms with van der Waals surface area (Å²) in [7, 11) is 0. The summed E-state index contributed by atoms with van der Waals surface area (Å²) in [6.07, 6.45) is 1.92. The fourth-order valence-corrected chi connectivity index (χ4v) is 5.71. The lowest BCUT2D eigenvalue weighted by atomic mass is 9.88. The number of aromatic hydroxyl groups is 1. The van der Waals surface area contributed by atoms with Crippen molar-refractivity contribution in [1.82, 2.24) is 9.55 Å². The van der Waals surface area contributed by atoms with Crippen LogP contribution in [0.1, 0.15) is 26.3 Å². The average molecular weight is 511 g/mol. The number of rotatable bonds is 3. The van der Waals surface area contributed by atoms with Gasteiger partial charge in [0.15, 0.2) is 0 Å². The molecule has 39 heavy (non-hydrogen) atoms. The second-order valence-electron chi connectivity index (χ2n) is 11.2. The minimum atomic E-state index is 0.0212. The van der Waals surface area contributed by atoms with Crippen LogP contribution in [0.15, 0.2) is 109 Å². The molecular formula is C34H30N4O. The molecule has 0 spiro atoms. The molecule has 0 saturated heterocycles. The Morgan fingerprint density at radius 3 is 2.10 bits per heavy atom. The molecule has 0 saturated carbocycles. The molecule has 6 aromatic rings. The number of fused-ring (bicyclic) bond motifs is 4. The molecule has 1 N–H and O–H groups in total. The Kier molecular flexibility index (Phi) is 5.17. The van der Waals surface area contributed by atoms with Crippen LogP contribution in [0.4, 0.5) is 22.7 Å². The van der Waals surface area contributed by atoms with Gasteiger partial charge in [-0.05, 0) is 65.6 Å². The maximum Gasteiger partial charge on any atom is 0.139 e. The summed E-state index contributed by atoms with van der Waals surface area (Å²) in [5.74, 6) is 1.19. The molecule has 4 aromatic carbocycles. The predicted molar refractivity (Wildman–Crippen MR) is 161 cm³/mol. The summed E-state index contributed by atoms with van der Waals surface area (Å²) in [6, 6.07) is 35.4. The van der Waals surface area contributed by atoms with Crippen molar-refractivity contribution in [1.29, 1.82) is 0 Å². The largest absolute Gasteiger partial charge is 0.506 e. The minimum absolute atomic E-state index is 0.0212. The first kappa shape index (κ1) is 23.4. The van der Waals surface area contributed by atoms with E-state index in [0.29, 0.717) is 6.67 Å². The van der Waals surface area contributed by atoms with Crippen molar-refractivity contribution in [2.24, 2.45) is 0 Å². The predicted octanol–water partition coefficient (Wildman–Crippen LogP) is 8.43. The van der Waals surface area contributed by atoms with E-state index in [1.807, 2.05) is 30.5 Å². The first-order chi connectivity index (χ1) is 18.9. The third-order valence-corrected chi connectivity index (χ3v) is 7.73. The number of phenols is 1.